The predicted molar refractivity (Wildman–Crippen MR) is 128 cm³/mol. The largest absolute Gasteiger partial charge is 0.573 e. The molecule has 5 amide bonds. The van der Waals surface area contributed by atoms with Crippen LogP contribution in [0, 0.1) is 0 Å². The van der Waals surface area contributed by atoms with Crippen LogP contribution >= 0.6 is 0 Å². The number of rotatable bonds is 7. The van der Waals surface area contributed by atoms with Crippen molar-refractivity contribution in [2.75, 3.05) is 10.2 Å². The molecule has 3 aromatic rings. The third kappa shape index (κ3) is 6.15. The number of aromatic nitrogens is 1. The zero-order valence-electron chi connectivity index (χ0n) is 19.5. The second-order valence-electron chi connectivity index (χ2n) is 8.45. The first-order valence-electron chi connectivity index (χ1n) is 11.1. The summed E-state index contributed by atoms with van der Waals surface area (Å²) in [5.41, 5.74) is 0.486. The number of hydrogen-bond donors (Lipinski definition) is 3. The molecule has 37 heavy (non-hydrogen) atoms. The van der Waals surface area contributed by atoms with E-state index in [0.717, 1.165) is 22.6 Å². The monoisotopic (exact) mass is 513 g/mol. The first-order chi connectivity index (χ1) is 17.5. The third-order valence-electron chi connectivity index (χ3n) is 5.59. The lowest BCUT2D eigenvalue weighted by molar-refractivity contribution is -0.274. The van der Waals surface area contributed by atoms with Crippen LogP contribution < -0.4 is 25.6 Å². The molecule has 0 radical (unpaired) electrons. The molecule has 1 unspecified atom stereocenters. The first-order valence-corrected chi connectivity index (χ1v) is 11.1. The predicted octanol–water partition coefficient (Wildman–Crippen LogP) is 4.36. The Hall–Kier alpha value is -4.61. The van der Waals surface area contributed by atoms with Gasteiger partial charge >= 0.3 is 18.4 Å². The van der Waals surface area contributed by atoms with Crippen LogP contribution in [0.3, 0.4) is 0 Å². The van der Waals surface area contributed by atoms with E-state index in [-0.39, 0.29) is 12.1 Å². The Labute approximate surface area is 209 Å². The summed E-state index contributed by atoms with van der Waals surface area (Å²) in [5, 5.41) is 8.08. The SMILES string of the molecule is CC1(Cc2ccncc2NC(=O)NCc2ccccc2)NC(=O)N(c2ccc(OC(F)(F)F)cc2)C1=O. The fourth-order valence-corrected chi connectivity index (χ4v) is 3.85. The molecule has 192 valence electrons. The van der Waals surface area contributed by atoms with Crippen LogP contribution in [0.15, 0.2) is 73.1 Å². The summed E-state index contributed by atoms with van der Waals surface area (Å²) in [5.74, 6) is -1.10. The average molecular weight is 513 g/mol. The number of urea groups is 2. The van der Waals surface area contributed by atoms with E-state index in [4.69, 9.17) is 0 Å². The highest BCUT2D eigenvalue weighted by atomic mass is 19.4. The molecule has 0 bridgehead atoms. The zero-order valence-corrected chi connectivity index (χ0v) is 19.5. The number of nitrogens with zero attached hydrogens (tertiary/aromatic N) is 2. The summed E-state index contributed by atoms with van der Waals surface area (Å²) in [7, 11) is 0. The van der Waals surface area contributed by atoms with E-state index in [9.17, 15) is 27.6 Å². The van der Waals surface area contributed by atoms with E-state index in [2.05, 4.69) is 25.7 Å². The van der Waals surface area contributed by atoms with Gasteiger partial charge in [-0.05, 0) is 48.4 Å². The standard InChI is InChI=1S/C25H22F3N5O4/c1-24(21(34)33(23(36)32-24)18-7-9-19(10-8-18)37-25(26,27)28)13-17-11-12-29-15-20(17)31-22(35)30-14-16-5-3-2-4-6-16/h2-12,15H,13-14H2,1H3,(H,32,36)(H2,30,31,35). The number of halogens is 3. The second kappa shape index (κ2) is 10.2. The van der Waals surface area contributed by atoms with Crippen molar-refractivity contribution >= 4 is 29.3 Å². The van der Waals surface area contributed by atoms with E-state index in [1.807, 2.05) is 30.3 Å². The van der Waals surface area contributed by atoms with Crippen LogP contribution in [-0.2, 0) is 17.8 Å². The quantitative estimate of drug-likeness (QED) is 0.407. The number of hydrogen-bond acceptors (Lipinski definition) is 5. The van der Waals surface area contributed by atoms with E-state index in [0.29, 0.717) is 17.8 Å². The van der Waals surface area contributed by atoms with Crippen molar-refractivity contribution in [3.8, 4) is 5.75 Å². The number of anilines is 2. The normalized spacial score (nSPS) is 17.4. The maximum absolute atomic E-state index is 13.3. The van der Waals surface area contributed by atoms with E-state index < -0.39 is 35.6 Å². The van der Waals surface area contributed by atoms with Crippen molar-refractivity contribution in [2.45, 2.75) is 31.8 Å². The number of carbonyl (C=O) groups excluding carboxylic acids is 3. The molecule has 0 spiro atoms. The van der Waals surface area contributed by atoms with Crippen molar-refractivity contribution in [3.05, 3.63) is 84.2 Å². The Bertz CT molecular complexity index is 1300. The van der Waals surface area contributed by atoms with E-state index in [1.165, 1.54) is 31.5 Å². The maximum atomic E-state index is 13.3. The van der Waals surface area contributed by atoms with Crippen molar-refractivity contribution in [1.82, 2.24) is 15.6 Å². The number of pyridine rings is 1. The number of benzene rings is 2. The molecular weight excluding hydrogens is 491 g/mol. The van der Waals surface area contributed by atoms with Gasteiger partial charge < -0.3 is 20.7 Å². The third-order valence-corrected chi connectivity index (χ3v) is 5.59. The van der Waals surface area contributed by atoms with Crippen LogP contribution in [0.2, 0.25) is 0 Å². The van der Waals surface area contributed by atoms with Crippen LogP contribution in [0.1, 0.15) is 18.1 Å². The van der Waals surface area contributed by atoms with Crippen molar-refractivity contribution < 1.29 is 32.3 Å². The van der Waals surface area contributed by atoms with Gasteiger partial charge in [0.2, 0.25) is 0 Å². The number of imide groups is 1. The summed E-state index contributed by atoms with van der Waals surface area (Å²) < 4.78 is 41.1. The first kappa shape index (κ1) is 25.5. The summed E-state index contributed by atoms with van der Waals surface area (Å²) in [6.45, 7) is 1.82. The van der Waals surface area contributed by atoms with Gasteiger partial charge in [-0.3, -0.25) is 9.78 Å². The summed E-state index contributed by atoms with van der Waals surface area (Å²) in [6.07, 6.45) is -1.93. The van der Waals surface area contributed by atoms with Crippen LogP contribution in [0.4, 0.5) is 34.1 Å². The number of carbonyl (C=O) groups is 3. The van der Waals surface area contributed by atoms with Gasteiger partial charge in [-0.1, -0.05) is 30.3 Å². The number of ether oxygens (including phenoxy) is 1. The second-order valence-corrected chi connectivity index (χ2v) is 8.45. The molecular formula is C25H22F3N5O4. The summed E-state index contributed by atoms with van der Waals surface area (Å²) >= 11 is 0. The molecule has 0 saturated carbocycles. The lowest BCUT2D eigenvalue weighted by atomic mass is 9.92. The fraction of sp³-hybridized carbons (Fsp3) is 0.200. The Kier molecular flexibility index (Phi) is 7.00. The van der Waals surface area contributed by atoms with Gasteiger partial charge in [0.15, 0.2) is 0 Å². The molecule has 1 aliphatic rings. The van der Waals surface area contributed by atoms with Gasteiger partial charge in [0, 0.05) is 19.2 Å². The maximum Gasteiger partial charge on any atom is 0.573 e. The molecule has 3 N–H and O–H groups in total. The van der Waals surface area contributed by atoms with Crippen molar-refractivity contribution in [2.24, 2.45) is 0 Å². The van der Waals surface area contributed by atoms with Gasteiger partial charge in [-0.25, -0.2) is 14.5 Å². The molecule has 1 saturated heterocycles. The Balaban J connectivity index is 1.46. The fourth-order valence-electron chi connectivity index (χ4n) is 3.85. The van der Waals surface area contributed by atoms with Gasteiger partial charge in [0.05, 0.1) is 17.6 Å². The molecule has 1 aromatic heterocycles. The topological polar surface area (TPSA) is 113 Å². The number of nitrogens with one attached hydrogen (secondary N) is 3. The van der Waals surface area contributed by atoms with Crippen molar-refractivity contribution in [1.29, 1.82) is 0 Å². The van der Waals surface area contributed by atoms with Gasteiger partial charge in [-0.15, -0.1) is 13.2 Å². The van der Waals surface area contributed by atoms with Crippen LogP contribution in [0.5, 0.6) is 5.75 Å². The molecule has 12 heteroatoms. The summed E-state index contributed by atoms with van der Waals surface area (Å²) in [6, 6.07) is 14.1. The average Bonchev–Trinajstić information content (AvgIpc) is 3.07. The minimum absolute atomic E-state index is 0.0140. The Morgan fingerprint density at radius 3 is 2.46 bits per heavy atom. The lowest BCUT2D eigenvalue weighted by Gasteiger charge is -2.23. The minimum atomic E-state index is -4.87. The number of amides is 5. The molecule has 1 atom stereocenters. The zero-order chi connectivity index (χ0) is 26.6. The lowest BCUT2D eigenvalue weighted by Crippen LogP contribution is -2.46. The number of alkyl halides is 3. The molecule has 9 nitrogen and oxygen atoms in total. The van der Waals surface area contributed by atoms with Crippen LogP contribution in [0.25, 0.3) is 0 Å². The molecule has 1 fully saturated rings. The molecule has 2 aromatic carbocycles. The van der Waals surface area contributed by atoms with E-state index in [1.54, 1.807) is 6.07 Å². The highest BCUT2D eigenvalue weighted by molar-refractivity contribution is 6.23. The van der Waals surface area contributed by atoms with Crippen molar-refractivity contribution in [3.63, 3.8) is 0 Å². The van der Waals surface area contributed by atoms with Gasteiger partial charge in [-0.2, -0.15) is 0 Å². The van der Waals surface area contributed by atoms with E-state index >= 15 is 0 Å². The minimum Gasteiger partial charge on any atom is -0.406 e. The molecule has 2 heterocycles. The van der Waals surface area contributed by atoms with Gasteiger partial charge in [0.1, 0.15) is 11.3 Å². The highest BCUT2D eigenvalue weighted by Gasteiger charge is 2.48. The molecule has 0 aliphatic carbocycles. The Morgan fingerprint density at radius 1 is 1.08 bits per heavy atom. The highest BCUT2D eigenvalue weighted by Crippen LogP contribution is 2.31. The van der Waals surface area contributed by atoms with Crippen LogP contribution in [-0.4, -0.2) is 34.9 Å². The molecule has 4 rings (SSSR count). The summed E-state index contributed by atoms with van der Waals surface area (Å²) in [4.78, 5) is 43.3. The Morgan fingerprint density at radius 2 is 1.78 bits per heavy atom. The smallest absolute Gasteiger partial charge is 0.406 e. The van der Waals surface area contributed by atoms with Gasteiger partial charge in [0.25, 0.3) is 5.91 Å². The molecule has 1 aliphatic heterocycles.